The number of carbonyl (C=O) groups is 3. The zero-order chi connectivity index (χ0) is 34.9. The Hall–Kier alpha value is -4.81. The summed E-state index contributed by atoms with van der Waals surface area (Å²) in [6.07, 6.45) is 1.43. The Morgan fingerprint density at radius 3 is 2.29 bits per heavy atom. The monoisotopic (exact) mass is 732 g/mol. The minimum atomic E-state index is -0.595. The summed E-state index contributed by atoms with van der Waals surface area (Å²) in [6, 6.07) is 26.0. The van der Waals surface area contributed by atoms with Crippen LogP contribution in [0, 0.1) is 0 Å². The lowest BCUT2D eigenvalue weighted by Gasteiger charge is -2.14. The summed E-state index contributed by atoms with van der Waals surface area (Å²) in [5.41, 5.74) is 2.65. The van der Waals surface area contributed by atoms with Gasteiger partial charge in [0.2, 0.25) is 5.91 Å². The Bertz CT molecular complexity index is 2000. The van der Waals surface area contributed by atoms with Crippen LogP contribution >= 0.6 is 46.3 Å². The highest BCUT2D eigenvalue weighted by Crippen LogP contribution is 2.34. The number of hydrogen-bond donors (Lipinski definition) is 3. The van der Waals surface area contributed by atoms with E-state index in [-0.39, 0.29) is 11.6 Å². The number of thiazole rings is 1. The van der Waals surface area contributed by atoms with Crippen LogP contribution in [-0.2, 0) is 9.59 Å². The van der Waals surface area contributed by atoms with Crippen LogP contribution in [0.4, 0.5) is 10.8 Å². The number of hydrogen-bond acceptors (Lipinski definition) is 8. The van der Waals surface area contributed by atoms with E-state index >= 15 is 0 Å². The molecule has 0 saturated heterocycles. The minimum Gasteiger partial charge on any atom is -0.493 e. The van der Waals surface area contributed by atoms with Crippen LogP contribution in [0.1, 0.15) is 22.8 Å². The number of amides is 3. The molecule has 4 aromatic carbocycles. The molecule has 250 valence electrons. The average Bonchev–Trinajstić information content (AvgIpc) is 3.57. The fourth-order valence-electron chi connectivity index (χ4n) is 4.50. The molecule has 0 aliphatic heterocycles. The number of thioether (sulfide) groups is 1. The van der Waals surface area contributed by atoms with Crippen molar-refractivity contribution in [2.45, 2.75) is 17.1 Å². The Morgan fingerprint density at radius 2 is 1.57 bits per heavy atom. The number of nitrogens with one attached hydrogen (secondary N) is 3. The van der Waals surface area contributed by atoms with Crippen molar-refractivity contribution in [3.05, 3.63) is 123 Å². The largest absolute Gasteiger partial charge is 0.493 e. The highest BCUT2D eigenvalue weighted by molar-refractivity contribution is 8.00. The molecular weight excluding hydrogens is 703 g/mol. The third kappa shape index (κ3) is 9.21. The first-order valence-electron chi connectivity index (χ1n) is 14.7. The topological polar surface area (TPSA) is 119 Å². The molecule has 0 aliphatic rings. The van der Waals surface area contributed by atoms with Gasteiger partial charge in [0.15, 0.2) is 16.6 Å². The molecule has 5 rings (SSSR count). The number of rotatable bonds is 12. The van der Waals surface area contributed by atoms with E-state index in [1.54, 1.807) is 93.9 Å². The molecule has 13 heteroatoms. The number of ether oxygens (including phenoxy) is 2. The summed E-state index contributed by atoms with van der Waals surface area (Å²) in [5, 5.41) is 10.8. The number of methoxy groups -OCH3 is 2. The van der Waals surface area contributed by atoms with Crippen LogP contribution in [0.2, 0.25) is 10.0 Å². The van der Waals surface area contributed by atoms with Crippen molar-refractivity contribution < 1.29 is 23.9 Å². The lowest BCUT2D eigenvalue weighted by atomic mass is 10.1. The van der Waals surface area contributed by atoms with Gasteiger partial charge in [0, 0.05) is 42.7 Å². The van der Waals surface area contributed by atoms with Crippen molar-refractivity contribution >= 4 is 80.9 Å². The number of aromatic nitrogens is 1. The molecule has 9 nitrogen and oxygen atoms in total. The van der Waals surface area contributed by atoms with Crippen LogP contribution in [0.5, 0.6) is 11.5 Å². The van der Waals surface area contributed by atoms with Gasteiger partial charge in [-0.2, -0.15) is 0 Å². The van der Waals surface area contributed by atoms with E-state index in [2.05, 4.69) is 20.9 Å². The minimum absolute atomic E-state index is 0.0643. The molecule has 0 radical (unpaired) electrons. The summed E-state index contributed by atoms with van der Waals surface area (Å²) in [5.74, 6) is -0.125. The van der Waals surface area contributed by atoms with Gasteiger partial charge in [-0.05, 0) is 73.7 Å². The summed E-state index contributed by atoms with van der Waals surface area (Å²) < 4.78 is 10.7. The van der Waals surface area contributed by atoms with Crippen molar-refractivity contribution in [2.75, 3.05) is 24.9 Å². The Labute approximate surface area is 301 Å². The normalized spacial score (nSPS) is 11.7. The molecular formula is C36H30Cl2N4O5S2. The summed E-state index contributed by atoms with van der Waals surface area (Å²) in [6.45, 7) is 1.78. The fraction of sp³-hybridized carbons (Fsp3) is 0.111. The van der Waals surface area contributed by atoms with Crippen molar-refractivity contribution in [3.8, 4) is 22.8 Å². The van der Waals surface area contributed by atoms with Crippen molar-refractivity contribution in [1.29, 1.82) is 0 Å². The van der Waals surface area contributed by atoms with E-state index in [1.165, 1.54) is 29.2 Å². The lowest BCUT2D eigenvalue weighted by Crippen LogP contribution is -2.30. The van der Waals surface area contributed by atoms with Crippen molar-refractivity contribution in [1.82, 2.24) is 10.3 Å². The van der Waals surface area contributed by atoms with Crippen molar-refractivity contribution in [3.63, 3.8) is 0 Å². The Morgan fingerprint density at radius 1 is 0.857 bits per heavy atom. The van der Waals surface area contributed by atoms with Gasteiger partial charge in [-0.1, -0.05) is 53.5 Å². The molecule has 0 fully saturated rings. The maximum Gasteiger partial charge on any atom is 0.272 e. The lowest BCUT2D eigenvalue weighted by molar-refractivity contribution is -0.115. The molecule has 0 saturated carbocycles. The first-order chi connectivity index (χ1) is 23.6. The van der Waals surface area contributed by atoms with E-state index in [0.717, 1.165) is 10.5 Å². The highest BCUT2D eigenvalue weighted by atomic mass is 35.5. The van der Waals surface area contributed by atoms with Gasteiger partial charge < -0.3 is 25.4 Å². The van der Waals surface area contributed by atoms with E-state index in [1.807, 2.05) is 23.6 Å². The van der Waals surface area contributed by atoms with Gasteiger partial charge >= 0.3 is 0 Å². The number of carbonyl (C=O) groups excluding carboxylic acids is 3. The molecule has 1 unspecified atom stereocenters. The van der Waals surface area contributed by atoms with E-state index in [0.29, 0.717) is 49.2 Å². The van der Waals surface area contributed by atoms with E-state index in [9.17, 15) is 14.4 Å². The second-order valence-electron chi connectivity index (χ2n) is 10.4. The van der Waals surface area contributed by atoms with Crippen LogP contribution in [-0.4, -0.2) is 42.2 Å². The average molecular weight is 734 g/mol. The van der Waals surface area contributed by atoms with Gasteiger partial charge in [-0.3, -0.25) is 14.4 Å². The van der Waals surface area contributed by atoms with Gasteiger partial charge in [-0.25, -0.2) is 4.98 Å². The first kappa shape index (κ1) is 35.5. The van der Waals surface area contributed by atoms with Crippen LogP contribution in [0.15, 0.2) is 107 Å². The first-order valence-corrected chi connectivity index (χ1v) is 17.3. The Balaban J connectivity index is 1.26. The maximum atomic E-state index is 13.6. The van der Waals surface area contributed by atoms with Gasteiger partial charge in [0.05, 0.1) is 25.2 Å². The molecule has 1 aromatic heterocycles. The predicted molar refractivity (Wildman–Crippen MR) is 198 cm³/mol. The summed E-state index contributed by atoms with van der Waals surface area (Å²) in [7, 11) is 3.14. The van der Waals surface area contributed by atoms with E-state index < -0.39 is 17.1 Å². The zero-order valence-corrected chi connectivity index (χ0v) is 29.6. The molecule has 49 heavy (non-hydrogen) atoms. The number of nitrogens with zero attached hydrogens (tertiary/aromatic N) is 1. The SMILES string of the molecule is COc1ccc(-c2csc(NC(=O)C(C)Sc3cccc(NC(=O)/C(=C\c4c(Cl)cccc4Cl)NC(=O)c4ccccc4)c3)n2)cc1OC. The highest BCUT2D eigenvalue weighted by Gasteiger charge is 2.19. The number of anilines is 2. The molecule has 0 spiro atoms. The van der Waals surface area contributed by atoms with Gasteiger partial charge in [0.1, 0.15) is 5.70 Å². The second-order valence-corrected chi connectivity index (χ2v) is 13.4. The second kappa shape index (κ2) is 16.5. The summed E-state index contributed by atoms with van der Waals surface area (Å²) in [4.78, 5) is 45.0. The molecule has 3 N–H and O–H groups in total. The fourth-order valence-corrected chi connectivity index (χ4v) is 6.66. The van der Waals surface area contributed by atoms with Crippen molar-refractivity contribution in [2.24, 2.45) is 0 Å². The van der Waals surface area contributed by atoms with E-state index in [4.69, 9.17) is 32.7 Å². The smallest absolute Gasteiger partial charge is 0.272 e. The van der Waals surface area contributed by atoms with Crippen LogP contribution < -0.4 is 25.4 Å². The van der Waals surface area contributed by atoms with Crippen LogP contribution in [0.3, 0.4) is 0 Å². The van der Waals surface area contributed by atoms with Crippen LogP contribution in [0.25, 0.3) is 17.3 Å². The molecule has 5 aromatic rings. The quantitative estimate of drug-likeness (QED) is 0.0868. The number of benzene rings is 4. The third-order valence-electron chi connectivity index (χ3n) is 7.00. The molecule has 0 aliphatic carbocycles. The Kier molecular flexibility index (Phi) is 12.0. The standard InChI is InChI=1S/C36H30Cl2N4O5S2/c1-21(33(43)42-36-41-30(20-48-36)23-15-16-31(46-2)32(17-23)47-3)49-25-12-7-11-24(18-25)39-35(45)29(19-26-27(37)13-8-14-28(26)38)40-34(44)22-9-5-4-6-10-22/h4-21H,1-3H3,(H,39,45)(H,40,44)(H,41,42,43)/b29-19+. The van der Waals surface area contributed by atoms with Gasteiger partial charge in [0.25, 0.3) is 11.8 Å². The van der Waals surface area contributed by atoms with Gasteiger partial charge in [-0.15, -0.1) is 23.1 Å². The molecule has 1 atom stereocenters. The summed E-state index contributed by atoms with van der Waals surface area (Å²) >= 11 is 15.4. The molecule has 1 heterocycles. The third-order valence-corrected chi connectivity index (χ3v) is 9.52. The predicted octanol–water partition coefficient (Wildman–Crippen LogP) is 8.66. The maximum absolute atomic E-state index is 13.6. The zero-order valence-electron chi connectivity index (χ0n) is 26.5. The molecule has 3 amide bonds. The molecule has 0 bridgehead atoms. The number of halogens is 2.